The van der Waals surface area contributed by atoms with Crippen molar-refractivity contribution in [2.45, 2.75) is 56.8 Å². The summed E-state index contributed by atoms with van der Waals surface area (Å²) in [5, 5.41) is 22.5. The Bertz CT molecular complexity index is 860. The molecule has 28 heavy (non-hydrogen) atoms. The average Bonchev–Trinajstić information content (AvgIpc) is 3.48. The van der Waals surface area contributed by atoms with Crippen molar-refractivity contribution >= 4 is 28.2 Å². The van der Waals surface area contributed by atoms with Gasteiger partial charge in [0.15, 0.2) is 0 Å². The molecule has 1 aliphatic carbocycles. The first-order valence-corrected chi connectivity index (χ1v) is 11.2. The van der Waals surface area contributed by atoms with Crippen LogP contribution in [0, 0.1) is 0 Å². The van der Waals surface area contributed by atoms with E-state index in [-0.39, 0.29) is 18.7 Å². The number of hydrogen-bond acceptors (Lipinski definition) is 6. The Morgan fingerprint density at radius 3 is 2.93 bits per heavy atom. The maximum absolute atomic E-state index is 9.40. The van der Waals surface area contributed by atoms with E-state index in [0.29, 0.717) is 6.04 Å². The monoisotopic (exact) mass is 397 g/mol. The second-order valence-electron chi connectivity index (χ2n) is 8.02. The number of aliphatic hydroxyl groups is 1. The Hall–Kier alpha value is -1.99. The van der Waals surface area contributed by atoms with E-state index in [9.17, 15) is 5.11 Å². The lowest BCUT2D eigenvalue weighted by molar-refractivity contribution is 0.277. The van der Waals surface area contributed by atoms with E-state index in [4.69, 9.17) is 4.99 Å². The van der Waals surface area contributed by atoms with Gasteiger partial charge in [-0.1, -0.05) is 18.9 Å². The molecule has 0 bridgehead atoms. The highest BCUT2D eigenvalue weighted by molar-refractivity contribution is 8.14. The van der Waals surface area contributed by atoms with E-state index in [2.05, 4.69) is 27.9 Å². The van der Waals surface area contributed by atoms with E-state index in [1.54, 1.807) is 11.8 Å². The quantitative estimate of drug-likeness (QED) is 0.698. The third-order valence-electron chi connectivity index (χ3n) is 5.88. The molecular weight excluding hydrogens is 370 g/mol. The second-order valence-corrected chi connectivity index (χ2v) is 9.06. The maximum Gasteiger partial charge on any atom is 0.0908 e. The van der Waals surface area contributed by atoms with Crippen LogP contribution in [-0.2, 0) is 13.0 Å². The van der Waals surface area contributed by atoms with E-state index < -0.39 is 0 Å². The van der Waals surface area contributed by atoms with Gasteiger partial charge in [-0.05, 0) is 36.1 Å². The number of anilines is 2. The van der Waals surface area contributed by atoms with Crippen molar-refractivity contribution in [3.8, 4) is 0 Å². The van der Waals surface area contributed by atoms with E-state index in [1.807, 2.05) is 23.1 Å². The summed E-state index contributed by atoms with van der Waals surface area (Å²) >= 11 is 1.78. The predicted molar refractivity (Wildman–Crippen MR) is 116 cm³/mol. The summed E-state index contributed by atoms with van der Waals surface area (Å²) in [6.07, 6.45) is 9.93. The van der Waals surface area contributed by atoms with Gasteiger partial charge in [0, 0.05) is 30.6 Å². The largest absolute Gasteiger partial charge is 0.394 e. The molecule has 3 N–H and O–H groups in total. The second kappa shape index (κ2) is 7.79. The topological polar surface area (TPSA) is 74.5 Å². The number of aliphatic imine (C=N–C) groups is 1. The number of nitrogens with zero attached hydrogens (tertiary/aromatic N) is 3. The molecule has 3 heterocycles. The molecule has 6 nitrogen and oxygen atoms in total. The molecule has 0 radical (unpaired) electrons. The fourth-order valence-corrected chi connectivity index (χ4v) is 5.60. The van der Waals surface area contributed by atoms with Crippen molar-refractivity contribution in [3.63, 3.8) is 0 Å². The molecule has 1 unspecified atom stereocenters. The summed E-state index contributed by atoms with van der Waals surface area (Å²) in [4.78, 5) is 4.72. The van der Waals surface area contributed by atoms with Crippen LogP contribution in [0.5, 0.6) is 0 Å². The van der Waals surface area contributed by atoms with Crippen molar-refractivity contribution in [1.82, 2.24) is 9.78 Å². The SMILES string of the molecule is OC[C@@H]1CSC(C2Cc3cc(Cn4cccn4)cc(NC4CCCC4)c3N2)=N1. The van der Waals surface area contributed by atoms with Crippen LogP contribution in [-0.4, -0.2) is 50.4 Å². The molecule has 148 valence electrons. The molecule has 1 aromatic carbocycles. The molecule has 2 aliphatic heterocycles. The number of fused-ring (bicyclic) bond motifs is 1. The molecule has 0 amide bonds. The third-order valence-corrected chi connectivity index (χ3v) is 7.12. The molecular formula is C21H27N5OS. The molecule has 2 atom stereocenters. The van der Waals surface area contributed by atoms with Crippen LogP contribution in [0.25, 0.3) is 0 Å². The van der Waals surface area contributed by atoms with Gasteiger partial charge in [0.2, 0.25) is 0 Å². The van der Waals surface area contributed by atoms with Gasteiger partial charge in [-0.15, -0.1) is 11.8 Å². The Labute approximate surface area is 169 Å². The minimum Gasteiger partial charge on any atom is -0.394 e. The number of aromatic nitrogens is 2. The number of benzene rings is 1. The zero-order chi connectivity index (χ0) is 18.9. The smallest absolute Gasteiger partial charge is 0.0908 e. The minimum absolute atomic E-state index is 0.0528. The van der Waals surface area contributed by atoms with E-state index in [0.717, 1.165) is 23.8 Å². The lowest BCUT2D eigenvalue weighted by atomic mass is 10.0. The fourth-order valence-electron chi connectivity index (χ4n) is 4.49. The highest BCUT2D eigenvalue weighted by atomic mass is 32.2. The lowest BCUT2D eigenvalue weighted by Crippen LogP contribution is -2.24. The number of rotatable bonds is 6. The number of aliphatic hydroxyl groups excluding tert-OH is 1. The van der Waals surface area contributed by atoms with Gasteiger partial charge in [0.05, 0.1) is 41.7 Å². The van der Waals surface area contributed by atoms with Crippen molar-refractivity contribution < 1.29 is 5.11 Å². The Morgan fingerprint density at radius 1 is 1.29 bits per heavy atom. The molecule has 5 rings (SSSR count). The Kier molecular flexibility index (Phi) is 5.03. The Balaban J connectivity index is 1.42. The molecule has 3 aliphatic rings. The van der Waals surface area contributed by atoms with Gasteiger partial charge in [0.1, 0.15) is 0 Å². The summed E-state index contributed by atoms with van der Waals surface area (Å²) in [7, 11) is 0. The molecule has 1 fully saturated rings. The lowest BCUT2D eigenvalue weighted by Gasteiger charge is -2.19. The predicted octanol–water partition coefficient (Wildman–Crippen LogP) is 3.13. The van der Waals surface area contributed by atoms with Crippen LogP contribution < -0.4 is 10.6 Å². The molecule has 0 spiro atoms. The molecule has 2 aromatic rings. The summed E-state index contributed by atoms with van der Waals surface area (Å²) in [6, 6.07) is 7.41. The van der Waals surface area contributed by atoms with Gasteiger partial charge < -0.3 is 15.7 Å². The van der Waals surface area contributed by atoms with Gasteiger partial charge in [0.25, 0.3) is 0 Å². The summed E-state index contributed by atoms with van der Waals surface area (Å²) in [5.41, 5.74) is 5.08. The van der Waals surface area contributed by atoms with Crippen LogP contribution in [0.4, 0.5) is 11.4 Å². The van der Waals surface area contributed by atoms with E-state index in [1.165, 1.54) is 48.2 Å². The summed E-state index contributed by atoms with van der Waals surface area (Å²) < 4.78 is 1.98. The van der Waals surface area contributed by atoms with Gasteiger partial charge in [-0.3, -0.25) is 9.67 Å². The minimum atomic E-state index is 0.0528. The Morgan fingerprint density at radius 2 is 2.18 bits per heavy atom. The van der Waals surface area contributed by atoms with Crippen LogP contribution in [0.15, 0.2) is 35.6 Å². The van der Waals surface area contributed by atoms with Crippen molar-refractivity contribution in [2.75, 3.05) is 23.0 Å². The van der Waals surface area contributed by atoms with Crippen LogP contribution in [0.2, 0.25) is 0 Å². The van der Waals surface area contributed by atoms with Crippen LogP contribution in [0.3, 0.4) is 0 Å². The van der Waals surface area contributed by atoms with Crippen molar-refractivity contribution in [3.05, 3.63) is 41.7 Å². The van der Waals surface area contributed by atoms with Crippen LogP contribution >= 0.6 is 11.8 Å². The summed E-state index contributed by atoms with van der Waals surface area (Å²) in [5.74, 6) is 0.887. The van der Waals surface area contributed by atoms with Crippen molar-refractivity contribution in [2.24, 2.45) is 4.99 Å². The number of thioether (sulfide) groups is 1. The molecule has 1 aromatic heterocycles. The first kappa shape index (κ1) is 18.1. The van der Waals surface area contributed by atoms with Gasteiger partial charge >= 0.3 is 0 Å². The first-order valence-electron chi connectivity index (χ1n) is 10.3. The molecule has 1 saturated carbocycles. The molecule has 0 saturated heterocycles. The fraction of sp³-hybridized carbons (Fsp3) is 0.524. The van der Waals surface area contributed by atoms with Gasteiger partial charge in [-0.25, -0.2) is 0 Å². The van der Waals surface area contributed by atoms with Crippen LogP contribution in [0.1, 0.15) is 36.8 Å². The third kappa shape index (κ3) is 3.65. The highest BCUT2D eigenvalue weighted by Gasteiger charge is 2.32. The highest BCUT2D eigenvalue weighted by Crippen LogP contribution is 2.39. The summed E-state index contributed by atoms with van der Waals surface area (Å²) in [6.45, 7) is 0.922. The van der Waals surface area contributed by atoms with Crippen molar-refractivity contribution in [1.29, 1.82) is 0 Å². The number of hydrogen-bond donors (Lipinski definition) is 3. The first-order chi connectivity index (χ1) is 13.8. The standard InChI is InChI=1S/C21H27N5OS/c27-12-17-13-28-21(24-17)19-10-15-8-14(11-26-7-3-6-22-26)9-18(20(15)25-19)23-16-4-1-2-5-16/h3,6-9,16-17,19,23,25,27H,1-2,4-5,10-13H2/t17-,19?/m1/s1. The van der Waals surface area contributed by atoms with E-state index >= 15 is 0 Å². The zero-order valence-electron chi connectivity index (χ0n) is 16.0. The maximum atomic E-state index is 9.40. The zero-order valence-corrected chi connectivity index (χ0v) is 16.8. The average molecular weight is 398 g/mol. The molecule has 7 heteroatoms. The number of nitrogens with one attached hydrogen (secondary N) is 2. The normalized spacial score (nSPS) is 24.2. The van der Waals surface area contributed by atoms with Gasteiger partial charge in [-0.2, -0.15) is 5.10 Å².